The highest BCUT2D eigenvalue weighted by Crippen LogP contribution is 2.33. The van der Waals surface area contributed by atoms with Gasteiger partial charge in [-0.05, 0) is 6.07 Å². The fourth-order valence-electron chi connectivity index (χ4n) is 2.76. The van der Waals surface area contributed by atoms with Crippen molar-refractivity contribution in [1.29, 1.82) is 0 Å². The summed E-state index contributed by atoms with van der Waals surface area (Å²) in [4.78, 5) is 37.9. The van der Waals surface area contributed by atoms with E-state index < -0.39 is 6.09 Å². The lowest BCUT2D eigenvalue weighted by molar-refractivity contribution is 0.0979. The first-order valence-electron chi connectivity index (χ1n) is 6.99. The van der Waals surface area contributed by atoms with Crippen LogP contribution in [0.2, 0.25) is 0 Å². The van der Waals surface area contributed by atoms with E-state index in [1.165, 1.54) is 12.1 Å². The topological polar surface area (TPSA) is 74.7 Å². The third-order valence-electron chi connectivity index (χ3n) is 3.76. The van der Waals surface area contributed by atoms with Crippen molar-refractivity contribution in [2.75, 3.05) is 11.4 Å². The minimum absolute atomic E-state index is 0.0227. The molecule has 0 atom stereocenters. The Morgan fingerprint density at radius 3 is 2.22 bits per heavy atom. The molecule has 1 aliphatic carbocycles. The second-order valence-corrected chi connectivity index (χ2v) is 5.09. The Bertz CT molecular complexity index is 854. The van der Waals surface area contributed by atoms with Gasteiger partial charge in [0, 0.05) is 23.2 Å². The van der Waals surface area contributed by atoms with E-state index >= 15 is 0 Å². The summed E-state index contributed by atoms with van der Waals surface area (Å²) in [6.45, 7) is 3.56. The Kier molecular flexibility index (Phi) is 3.54. The number of amides is 1. The maximum atomic E-state index is 12.8. The van der Waals surface area contributed by atoms with Gasteiger partial charge in [-0.3, -0.25) is 14.5 Å². The van der Waals surface area contributed by atoms with E-state index in [1.54, 1.807) is 36.4 Å². The maximum absolute atomic E-state index is 12.8. The molecule has 3 rings (SSSR count). The summed E-state index contributed by atoms with van der Waals surface area (Å²) in [5.74, 6) is -0.623. The molecule has 2 aromatic carbocycles. The number of nitrogens with zero attached hydrogens (tertiary/aromatic N) is 1. The molecule has 1 N–H and O–H groups in total. The minimum atomic E-state index is -1.21. The number of fused-ring (bicyclic) bond motifs is 2. The largest absolute Gasteiger partial charge is 0.465 e. The van der Waals surface area contributed by atoms with Crippen LogP contribution in [-0.2, 0) is 0 Å². The minimum Gasteiger partial charge on any atom is -0.465 e. The second-order valence-electron chi connectivity index (χ2n) is 5.09. The fraction of sp³-hybridized carbons (Fsp3) is 0.0556. The van der Waals surface area contributed by atoms with Gasteiger partial charge in [-0.1, -0.05) is 42.5 Å². The second kappa shape index (κ2) is 5.53. The number of carbonyl (C=O) groups excluding carboxylic acids is 2. The van der Waals surface area contributed by atoms with Crippen molar-refractivity contribution in [2.45, 2.75) is 0 Å². The number of ketones is 2. The van der Waals surface area contributed by atoms with Crippen molar-refractivity contribution >= 4 is 23.3 Å². The number of rotatable bonds is 3. The van der Waals surface area contributed by atoms with Crippen molar-refractivity contribution < 1.29 is 19.5 Å². The van der Waals surface area contributed by atoms with Gasteiger partial charge in [0.1, 0.15) is 0 Å². The molecule has 0 unspecified atom stereocenters. The van der Waals surface area contributed by atoms with E-state index in [4.69, 9.17) is 0 Å². The van der Waals surface area contributed by atoms with Crippen molar-refractivity contribution in [3.63, 3.8) is 0 Å². The monoisotopic (exact) mass is 307 g/mol. The molecule has 1 amide bonds. The van der Waals surface area contributed by atoms with Gasteiger partial charge in [0.2, 0.25) is 0 Å². The predicted molar refractivity (Wildman–Crippen MR) is 85.3 cm³/mol. The van der Waals surface area contributed by atoms with E-state index in [0.717, 1.165) is 4.90 Å². The summed E-state index contributed by atoms with van der Waals surface area (Å²) in [7, 11) is 0. The molecule has 2 aromatic rings. The highest BCUT2D eigenvalue weighted by atomic mass is 16.4. The highest BCUT2D eigenvalue weighted by Gasteiger charge is 2.33. The molecule has 1 aliphatic rings. The van der Waals surface area contributed by atoms with Gasteiger partial charge < -0.3 is 5.11 Å². The Morgan fingerprint density at radius 1 is 1.00 bits per heavy atom. The molecule has 0 saturated heterocycles. The summed E-state index contributed by atoms with van der Waals surface area (Å²) in [6.07, 6.45) is 0.216. The zero-order valence-electron chi connectivity index (χ0n) is 12.2. The first kappa shape index (κ1) is 14.7. The standard InChI is InChI=1S/C18H13NO4/c1-2-10-19(18(22)23)14-9-5-8-13-15(14)17(21)12-7-4-3-6-11(12)16(13)20/h2-9H,1,10H2,(H,22,23). The van der Waals surface area contributed by atoms with Crippen LogP contribution in [0.1, 0.15) is 31.8 Å². The summed E-state index contributed by atoms with van der Waals surface area (Å²) in [6, 6.07) is 11.2. The molecule has 0 bridgehead atoms. The van der Waals surface area contributed by atoms with Crippen LogP contribution in [0, 0.1) is 0 Å². The number of hydrogen-bond donors (Lipinski definition) is 1. The Hall–Kier alpha value is -3.21. The van der Waals surface area contributed by atoms with E-state index in [0.29, 0.717) is 11.1 Å². The Balaban J connectivity index is 2.25. The van der Waals surface area contributed by atoms with Crippen LogP contribution in [0.15, 0.2) is 55.1 Å². The zero-order chi connectivity index (χ0) is 16.6. The van der Waals surface area contributed by atoms with Crippen LogP contribution < -0.4 is 4.90 Å². The average Bonchev–Trinajstić information content (AvgIpc) is 2.56. The van der Waals surface area contributed by atoms with Crippen molar-refractivity contribution in [1.82, 2.24) is 0 Å². The quantitative estimate of drug-likeness (QED) is 0.754. The van der Waals surface area contributed by atoms with Crippen molar-refractivity contribution in [3.8, 4) is 0 Å². The lowest BCUT2D eigenvalue weighted by Crippen LogP contribution is -2.32. The van der Waals surface area contributed by atoms with E-state index in [1.807, 2.05) is 0 Å². The third-order valence-corrected chi connectivity index (χ3v) is 3.76. The number of carbonyl (C=O) groups is 3. The van der Waals surface area contributed by atoms with Crippen LogP contribution in [0.3, 0.4) is 0 Å². The van der Waals surface area contributed by atoms with Gasteiger partial charge in [-0.25, -0.2) is 4.79 Å². The summed E-state index contributed by atoms with van der Waals surface area (Å²) < 4.78 is 0. The average molecular weight is 307 g/mol. The van der Waals surface area contributed by atoms with Crippen molar-refractivity contribution in [3.05, 3.63) is 77.4 Å². The number of anilines is 1. The number of benzene rings is 2. The number of hydrogen-bond acceptors (Lipinski definition) is 3. The predicted octanol–water partition coefficient (Wildman–Crippen LogP) is 3.13. The highest BCUT2D eigenvalue weighted by molar-refractivity contribution is 6.30. The molecule has 0 radical (unpaired) electrons. The molecule has 0 spiro atoms. The molecule has 5 heteroatoms. The van der Waals surface area contributed by atoms with Gasteiger partial charge in [-0.2, -0.15) is 0 Å². The molecule has 0 saturated carbocycles. The van der Waals surface area contributed by atoms with Crippen molar-refractivity contribution in [2.24, 2.45) is 0 Å². The fourth-order valence-corrected chi connectivity index (χ4v) is 2.76. The molecular weight excluding hydrogens is 294 g/mol. The summed E-state index contributed by atoms with van der Waals surface area (Å²) in [5, 5.41) is 9.39. The summed E-state index contributed by atoms with van der Waals surface area (Å²) >= 11 is 0. The summed E-state index contributed by atoms with van der Waals surface area (Å²) in [5.41, 5.74) is 1.18. The Labute approximate surface area is 132 Å². The lowest BCUT2D eigenvalue weighted by atomic mass is 9.83. The molecule has 5 nitrogen and oxygen atoms in total. The smallest absolute Gasteiger partial charge is 0.412 e. The molecule has 23 heavy (non-hydrogen) atoms. The van der Waals surface area contributed by atoms with Gasteiger partial charge in [0.25, 0.3) is 0 Å². The van der Waals surface area contributed by atoms with Crippen LogP contribution in [0.25, 0.3) is 0 Å². The van der Waals surface area contributed by atoms with Crippen LogP contribution in [0.5, 0.6) is 0 Å². The third kappa shape index (κ3) is 2.23. The SMILES string of the molecule is C=CCN(C(=O)O)c1cccc2c1C(=O)c1ccccc1C2=O. The van der Waals surface area contributed by atoms with E-state index in [2.05, 4.69) is 6.58 Å². The lowest BCUT2D eigenvalue weighted by Gasteiger charge is -2.25. The number of carboxylic acid groups (broad SMARTS) is 1. The van der Waals surface area contributed by atoms with Gasteiger partial charge in [-0.15, -0.1) is 6.58 Å². The van der Waals surface area contributed by atoms with Gasteiger partial charge >= 0.3 is 6.09 Å². The normalized spacial score (nSPS) is 12.3. The molecule has 0 aromatic heterocycles. The molecule has 0 aliphatic heterocycles. The van der Waals surface area contributed by atoms with Crippen LogP contribution >= 0.6 is 0 Å². The van der Waals surface area contributed by atoms with Crippen LogP contribution in [-0.4, -0.2) is 29.3 Å². The van der Waals surface area contributed by atoms with Gasteiger partial charge in [0.15, 0.2) is 11.6 Å². The molecular formula is C18H13NO4. The first-order valence-corrected chi connectivity index (χ1v) is 6.99. The maximum Gasteiger partial charge on any atom is 0.412 e. The van der Waals surface area contributed by atoms with Crippen LogP contribution in [0.4, 0.5) is 10.5 Å². The molecule has 114 valence electrons. The van der Waals surface area contributed by atoms with Gasteiger partial charge in [0.05, 0.1) is 11.3 Å². The first-order chi connectivity index (χ1) is 11.1. The Morgan fingerprint density at radius 2 is 1.61 bits per heavy atom. The van der Waals surface area contributed by atoms with E-state index in [9.17, 15) is 19.5 Å². The zero-order valence-corrected chi connectivity index (χ0v) is 12.2. The molecule has 0 fully saturated rings. The van der Waals surface area contributed by atoms with E-state index in [-0.39, 0.29) is 34.9 Å². The molecule has 0 heterocycles.